The van der Waals surface area contributed by atoms with Gasteiger partial charge in [0.15, 0.2) is 0 Å². The third-order valence-electron chi connectivity index (χ3n) is 3.62. The molecular formula is C18H12ClN3S. The minimum absolute atomic E-state index is 0.551. The zero-order valence-electron chi connectivity index (χ0n) is 12.1. The predicted octanol–water partition coefficient (Wildman–Crippen LogP) is 5.12. The zero-order valence-corrected chi connectivity index (χ0v) is 13.7. The number of rotatable bonds is 3. The molecule has 2 aromatic heterocycles. The van der Waals surface area contributed by atoms with Gasteiger partial charge in [-0.15, -0.1) is 11.8 Å². The molecule has 3 nitrogen and oxygen atoms in total. The summed E-state index contributed by atoms with van der Waals surface area (Å²) in [6.45, 7) is 0. The molecule has 5 heteroatoms. The monoisotopic (exact) mass is 337 g/mol. The summed E-state index contributed by atoms with van der Waals surface area (Å²) in [5.41, 5.74) is 2.88. The normalized spacial score (nSPS) is 11.2. The van der Waals surface area contributed by atoms with Crippen molar-refractivity contribution in [1.29, 1.82) is 0 Å². The van der Waals surface area contributed by atoms with E-state index in [4.69, 9.17) is 11.6 Å². The lowest BCUT2D eigenvalue weighted by atomic mass is 10.2. The van der Waals surface area contributed by atoms with Gasteiger partial charge in [0.1, 0.15) is 16.5 Å². The summed E-state index contributed by atoms with van der Waals surface area (Å²) in [5, 5.41) is 3.67. The highest BCUT2D eigenvalue weighted by atomic mass is 35.5. The summed E-state index contributed by atoms with van der Waals surface area (Å²) in [5.74, 6) is 0.720. The zero-order chi connectivity index (χ0) is 15.6. The highest BCUT2D eigenvalue weighted by molar-refractivity contribution is 7.98. The number of pyridine rings is 1. The molecule has 4 rings (SSSR count). The number of halogens is 1. The first-order valence-corrected chi connectivity index (χ1v) is 8.54. The van der Waals surface area contributed by atoms with Gasteiger partial charge in [0.05, 0.1) is 11.0 Å². The lowest BCUT2D eigenvalue weighted by molar-refractivity contribution is 1.10. The summed E-state index contributed by atoms with van der Waals surface area (Å²) >= 11 is 7.98. The van der Waals surface area contributed by atoms with Gasteiger partial charge in [0.2, 0.25) is 0 Å². The van der Waals surface area contributed by atoms with Crippen LogP contribution in [0, 0.1) is 0 Å². The Kier molecular flexibility index (Phi) is 3.85. The Balaban J connectivity index is 1.67. The Morgan fingerprint density at radius 1 is 0.913 bits per heavy atom. The van der Waals surface area contributed by atoms with Gasteiger partial charge < -0.3 is 0 Å². The molecular weight excluding hydrogens is 326 g/mol. The van der Waals surface area contributed by atoms with E-state index in [0.29, 0.717) is 5.15 Å². The second kappa shape index (κ2) is 6.14. The number of fused-ring (bicyclic) bond motifs is 2. The van der Waals surface area contributed by atoms with Crippen LogP contribution in [0.25, 0.3) is 21.8 Å². The van der Waals surface area contributed by atoms with Crippen LogP contribution in [-0.4, -0.2) is 15.0 Å². The number of hydrogen-bond donors (Lipinski definition) is 0. The molecule has 0 saturated heterocycles. The van der Waals surface area contributed by atoms with Crippen molar-refractivity contribution >= 4 is 45.2 Å². The third-order valence-corrected chi connectivity index (χ3v) is 5.00. The standard InChI is InChI=1S/C18H12ClN3S/c19-17-13(9-12-5-1-3-7-15(12)22-17)10-23-18-14-6-2-4-8-16(14)20-11-21-18/h1-9,11H,10H2. The molecule has 0 atom stereocenters. The van der Waals surface area contributed by atoms with Crippen LogP contribution < -0.4 is 0 Å². The predicted molar refractivity (Wildman–Crippen MR) is 95.9 cm³/mol. The minimum Gasteiger partial charge on any atom is -0.236 e. The van der Waals surface area contributed by atoms with Crippen molar-refractivity contribution in [2.24, 2.45) is 0 Å². The van der Waals surface area contributed by atoms with Crippen LogP contribution in [-0.2, 0) is 5.75 Å². The van der Waals surface area contributed by atoms with Gasteiger partial charge in [-0.05, 0) is 18.2 Å². The van der Waals surface area contributed by atoms with Gasteiger partial charge in [0, 0.05) is 22.1 Å². The van der Waals surface area contributed by atoms with Gasteiger partial charge in [-0.2, -0.15) is 0 Å². The Morgan fingerprint density at radius 3 is 2.61 bits per heavy atom. The maximum absolute atomic E-state index is 6.33. The van der Waals surface area contributed by atoms with Gasteiger partial charge in [0.25, 0.3) is 0 Å². The maximum Gasteiger partial charge on any atom is 0.133 e. The van der Waals surface area contributed by atoms with Gasteiger partial charge in [-0.1, -0.05) is 48.0 Å². The summed E-state index contributed by atoms with van der Waals surface area (Å²) in [7, 11) is 0. The van der Waals surface area contributed by atoms with E-state index in [0.717, 1.165) is 38.1 Å². The number of aromatic nitrogens is 3. The molecule has 4 aromatic rings. The number of nitrogens with zero attached hydrogens (tertiary/aromatic N) is 3. The molecule has 0 bridgehead atoms. The van der Waals surface area contributed by atoms with Crippen molar-refractivity contribution in [1.82, 2.24) is 15.0 Å². The Morgan fingerprint density at radius 2 is 1.70 bits per heavy atom. The van der Waals surface area contributed by atoms with E-state index >= 15 is 0 Å². The van der Waals surface area contributed by atoms with E-state index in [1.54, 1.807) is 18.1 Å². The molecule has 0 spiro atoms. The van der Waals surface area contributed by atoms with E-state index in [1.807, 2.05) is 48.5 Å². The average molecular weight is 338 g/mol. The van der Waals surface area contributed by atoms with Crippen LogP contribution in [0.2, 0.25) is 5.15 Å². The topological polar surface area (TPSA) is 38.7 Å². The molecule has 0 aliphatic carbocycles. The number of hydrogen-bond acceptors (Lipinski definition) is 4. The highest BCUT2D eigenvalue weighted by Gasteiger charge is 2.08. The number of para-hydroxylation sites is 2. The number of thioether (sulfide) groups is 1. The highest BCUT2D eigenvalue weighted by Crippen LogP contribution is 2.30. The van der Waals surface area contributed by atoms with Crippen molar-refractivity contribution in [3.05, 3.63) is 71.6 Å². The van der Waals surface area contributed by atoms with Crippen LogP contribution in [0.4, 0.5) is 0 Å². The molecule has 2 aromatic carbocycles. The minimum atomic E-state index is 0.551. The molecule has 112 valence electrons. The fourth-order valence-electron chi connectivity index (χ4n) is 2.48. The van der Waals surface area contributed by atoms with E-state index in [1.165, 1.54) is 0 Å². The van der Waals surface area contributed by atoms with Crippen molar-refractivity contribution in [2.45, 2.75) is 10.8 Å². The lowest BCUT2D eigenvalue weighted by Gasteiger charge is -2.07. The quantitative estimate of drug-likeness (QED) is 0.295. The summed E-state index contributed by atoms with van der Waals surface area (Å²) in [6.07, 6.45) is 1.60. The molecule has 23 heavy (non-hydrogen) atoms. The smallest absolute Gasteiger partial charge is 0.133 e. The Labute approximate surface area is 142 Å². The Bertz CT molecular complexity index is 998. The largest absolute Gasteiger partial charge is 0.236 e. The summed E-state index contributed by atoms with van der Waals surface area (Å²) in [4.78, 5) is 13.2. The van der Waals surface area contributed by atoms with Crippen LogP contribution in [0.5, 0.6) is 0 Å². The van der Waals surface area contributed by atoms with Crippen LogP contribution >= 0.6 is 23.4 Å². The molecule has 0 saturated carbocycles. The first-order chi connectivity index (χ1) is 11.3. The summed E-state index contributed by atoms with van der Waals surface area (Å²) < 4.78 is 0. The van der Waals surface area contributed by atoms with Gasteiger partial charge in [-0.25, -0.2) is 15.0 Å². The van der Waals surface area contributed by atoms with Crippen molar-refractivity contribution < 1.29 is 0 Å². The van der Waals surface area contributed by atoms with Crippen molar-refractivity contribution in [3.63, 3.8) is 0 Å². The maximum atomic E-state index is 6.33. The molecule has 2 heterocycles. The van der Waals surface area contributed by atoms with Crippen molar-refractivity contribution in [3.8, 4) is 0 Å². The van der Waals surface area contributed by atoms with Gasteiger partial charge >= 0.3 is 0 Å². The average Bonchev–Trinajstić information content (AvgIpc) is 2.60. The fraction of sp³-hybridized carbons (Fsp3) is 0.0556. The van der Waals surface area contributed by atoms with Gasteiger partial charge in [-0.3, -0.25) is 0 Å². The van der Waals surface area contributed by atoms with Crippen LogP contribution in [0.15, 0.2) is 66.0 Å². The molecule has 0 N–H and O–H groups in total. The molecule has 0 aliphatic heterocycles. The van der Waals surface area contributed by atoms with Crippen molar-refractivity contribution in [2.75, 3.05) is 0 Å². The van der Waals surface area contributed by atoms with Crippen LogP contribution in [0.1, 0.15) is 5.56 Å². The van der Waals surface area contributed by atoms with E-state index < -0.39 is 0 Å². The van der Waals surface area contributed by atoms with E-state index in [-0.39, 0.29) is 0 Å². The molecule has 0 unspecified atom stereocenters. The van der Waals surface area contributed by atoms with E-state index in [2.05, 4.69) is 21.0 Å². The lowest BCUT2D eigenvalue weighted by Crippen LogP contribution is -1.91. The van der Waals surface area contributed by atoms with E-state index in [9.17, 15) is 0 Å². The van der Waals surface area contributed by atoms with Crippen LogP contribution in [0.3, 0.4) is 0 Å². The number of benzene rings is 2. The molecule has 0 aliphatic rings. The third kappa shape index (κ3) is 2.87. The first-order valence-electron chi connectivity index (χ1n) is 7.18. The molecule has 0 radical (unpaired) electrons. The second-order valence-corrected chi connectivity index (χ2v) is 6.44. The first kappa shape index (κ1) is 14.4. The SMILES string of the molecule is Clc1nc2ccccc2cc1CSc1ncnc2ccccc12. The second-order valence-electron chi connectivity index (χ2n) is 5.12. The Hall–Kier alpha value is -2.17. The fourth-order valence-corrected chi connectivity index (χ4v) is 3.73. The molecule has 0 fully saturated rings. The molecule has 0 amide bonds. The summed E-state index contributed by atoms with van der Waals surface area (Å²) in [6, 6.07) is 18.1.